The number of carbonyl (C=O) groups is 1. The highest BCUT2D eigenvalue weighted by molar-refractivity contribution is 5.91. The van der Waals surface area contributed by atoms with Gasteiger partial charge in [-0.05, 0) is 60.6 Å². The molecule has 0 aliphatic carbocycles. The second kappa shape index (κ2) is 8.94. The summed E-state index contributed by atoms with van der Waals surface area (Å²) in [5, 5.41) is 2.92. The smallest absolute Gasteiger partial charge is 0.371 e. The second-order valence-electron chi connectivity index (χ2n) is 7.76. The monoisotopic (exact) mass is 416 g/mol. The van der Waals surface area contributed by atoms with Crippen molar-refractivity contribution in [3.8, 4) is 0 Å². The van der Waals surface area contributed by atoms with E-state index in [1.165, 1.54) is 12.1 Å². The first-order chi connectivity index (χ1) is 14.2. The van der Waals surface area contributed by atoms with Gasteiger partial charge >= 0.3 is 6.18 Å². The number of benzene rings is 2. The van der Waals surface area contributed by atoms with E-state index in [2.05, 4.69) is 16.8 Å². The van der Waals surface area contributed by atoms with E-state index in [1.807, 2.05) is 32.0 Å². The predicted molar refractivity (Wildman–Crippen MR) is 114 cm³/mol. The van der Waals surface area contributed by atoms with Gasteiger partial charge in [0.25, 0.3) is 0 Å². The molecule has 1 saturated heterocycles. The van der Waals surface area contributed by atoms with E-state index < -0.39 is 11.7 Å². The van der Waals surface area contributed by atoms with Gasteiger partial charge in [-0.1, -0.05) is 37.8 Å². The van der Waals surface area contributed by atoms with E-state index in [0.29, 0.717) is 6.42 Å². The van der Waals surface area contributed by atoms with Gasteiger partial charge in [0, 0.05) is 30.9 Å². The lowest BCUT2D eigenvalue weighted by Gasteiger charge is -2.35. The SMILES string of the molecule is C=C(c1ccc(C)c(NC(=O)CC)c1)N1CCC(c2ccc(C(F)(F)F)cc2)CC1. The fraction of sp³-hybridized carbons (Fsp3) is 0.375. The van der Waals surface area contributed by atoms with Crippen molar-refractivity contribution < 1.29 is 18.0 Å². The Morgan fingerprint density at radius 2 is 1.77 bits per heavy atom. The minimum absolute atomic E-state index is 0.0294. The number of aryl methyl sites for hydroxylation is 1. The molecule has 0 bridgehead atoms. The van der Waals surface area contributed by atoms with Crippen LogP contribution in [0.15, 0.2) is 49.0 Å². The molecule has 1 aliphatic rings. The normalized spacial score (nSPS) is 15.2. The molecule has 1 heterocycles. The summed E-state index contributed by atoms with van der Waals surface area (Å²) in [6.07, 6.45) is -2.17. The van der Waals surface area contributed by atoms with E-state index in [9.17, 15) is 18.0 Å². The lowest BCUT2D eigenvalue weighted by atomic mass is 9.88. The van der Waals surface area contributed by atoms with Gasteiger partial charge in [-0.3, -0.25) is 4.79 Å². The van der Waals surface area contributed by atoms with E-state index >= 15 is 0 Å². The van der Waals surface area contributed by atoms with E-state index in [0.717, 1.165) is 54.0 Å². The van der Waals surface area contributed by atoms with Gasteiger partial charge in [0.2, 0.25) is 5.91 Å². The second-order valence-corrected chi connectivity index (χ2v) is 7.76. The highest BCUT2D eigenvalue weighted by Crippen LogP contribution is 2.34. The minimum atomic E-state index is -4.30. The van der Waals surface area contributed by atoms with Crippen LogP contribution in [0.5, 0.6) is 0 Å². The number of amides is 1. The van der Waals surface area contributed by atoms with Gasteiger partial charge in [0.15, 0.2) is 0 Å². The molecule has 1 N–H and O–H groups in total. The molecule has 1 amide bonds. The maximum atomic E-state index is 12.8. The molecule has 3 rings (SSSR count). The Balaban J connectivity index is 1.64. The molecule has 0 saturated carbocycles. The van der Waals surface area contributed by atoms with Crippen molar-refractivity contribution in [1.29, 1.82) is 0 Å². The molecule has 2 aromatic rings. The van der Waals surface area contributed by atoms with Gasteiger partial charge in [0.1, 0.15) is 0 Å². The van der Waals surface area contributed by atoms with Crippen molar-refractivity contribution in [2.75, 3.05) is 18.4 Å². The van der Waals surface area contributed by atoms with Crippen LogP contribution < -0.4 is 5.32 Å². The third kappa shape index (κ3) is 5.04. The van der Waals surface area contributed by atoms with Crippen LogP contribution in [0.2, 0.25) is 0 Å². The Kier molecular flexibility index (Phi) is 6.54. The summed E-state index contributed by atoms with van der Waals surface area (Å²) in [5.41, 5.74) is 3.98. The van der Waals surface area contributed by atoms with Crippen molar-refractivity contribution >= 4 is 17.3 Å². The highest BCUT2D eigenvalue weighted by Gasteiger charge is 2.30. The van der Waals surface area contributed by atoms with E-state index in [-0.39, 0.29) is 11.8 Å². The molecule has 2 aromatic carbocycles. The summed E-state index contributed by atoms with van der Waals surface area (Å²) in [5.74, 6) is 0.215. The van der Waals surface area contributed by atoms with Gasteiger partial charge < -0.3 is 10.2 Å². The van der Waals surface area contributed by atoms with Crippen molar-refractivity contribution in [1.82, 2.24) is 4.90 Å². The first-order valence-corrected chi connectivity index (χ1v) is 10.2. The summed E-state index contributed by atoms with van der Waals surface area (Å²) < 4.78 is 38.3. The molecule has 30 heavy (non-hydrogen) atoms. The van der Waals surface area contributed by atoms with Crippen LogP contribution in [0.4, 0.5) is 18.9 Å². The Morgan fingerprint density at radius 1 is 1.13 bits per heavy atom. The van der Waals surface area contributed by atoms with E-state index in [1.54, 1.807) is 12.1 Å². The maximum absolute atomic E-state index is 12.8. The number of alkyl halides is 3. The average molecular weight is 416 g/mol. The van der Waals surface area contributed by atoms with Crippen LogP contribution in [0.25, 0.3) is 5.70 Å². The molecule has 0 aromatic heterocycles. The molecule has 6 heteroatoms. The minimum Gasteiger partial charge on any atom is -0.371 e. The molecular weight excluding hydrogens is 389 g/mol. The molecule has 1 aliphatic heterocycles. The Morgan fingerprint density at radius 3 is 2.33 bits per heavy atom. The fourth-order valence-corrected chi connectivity index (χ4v) is 3.78. The van der Waals surface area contributed by atoms with Gasteiger partial charge in [-0.15, -0.1) is 0 Å². The number of nitrogens with zero attached hydrogens (tertiary/aromatic N) is 1. The van der Waals surface area contributed by atoms with Crippen molar-refractivity contribution in [2.45, 2.75) is 45.2 Å². The number of rotatable bonds is 5. The molecule has 0 atom stereocenters. The van der Waals surface area contributed by atoms with Crippen LogP contribution in [0.1, 0.15) is 54.4 Å². The molecular formula is C24H27F3N2O. The van der Waals surface area contributed by atoms with Crippen LogP contribution in [0.3, 0.4) is 0 Å². The van der Waals surface area contributed by atoms with E-state index in [4.69, 9.17) is 0 Å². The quantitative estimate of drug-likeness (QED) is 0.628. The number of hydrogen-bond acceptors (Lipinski definition) is 2. The lowest BCUT2D eigenvalue weighted by Crippen LogP contribution is -2.31. The highest BCUT2D eigenvalue weighted by atomic mass is 19.4. The predicted octanol–water partition coefficient (Wildman–Crippen LogP) is 6.21. The van der Waals surface area contributed by atoms with Crippen molar-refractivity contribution in [2.24, 2.45) is 0 Å². The Hall–Kier alpha value is -2.76. The zero-order valence-corrected chi connectivity index (χ0v) is 17.4. The molecule has 1 fully saturated rings. The van der Waals surface area contributed by atoms with Crippen molar-refractivity contribution in [3.63, 3.8) is 0 Å². The third-order valence-electron chi connectivity index (χ3n) is 5.75. The van der Waals surface area contributed by atoms with Crippen LogP contribution >= 0.6 is 0 Å². The molecule has 160 valence electrons. The summed E-state index contributed by atoms with van der Waals surface area (Å²) in [6, 6.07) is 11.5. The average Bonchev–Trinajstić information content (AvgIpc) is 2.74. The molecule has 0 unspecified atom stereocenters. The van der Waals surface area contributed by atoms with Gasteiger partial charge in [-0.25, -0.2) is 0 Å². The Bertz CT molecular complexity index is 911. The molecule has 0 spiro atoms. The molecule has 3 nitrogen and oxygen atoms in total. The lowest BCUT2D eigenvalue weighted by molar-refractivity contribution is -0.137. The number of piperidine rings is 1. The number of likely N-dealkylation sites (tertiary alicyclic amines) is 1. The number of carbonyl (C=O) groups excluding carboxylic acids is 1. The topological polar surface area (TPSA) is 32.3 Å². The number of hydrogen-bond donors (Lipinski definition) is 1. The molecule has 0 radical (unpaired) electrons. The van der Waals surface area contributed by atoms with Crippen molar-refractivity contribution in [3.05, 3.63) is 71.3 Å². The number of halogens is 3. The Labute approximate surface area is 175 Å². The summed E-state index contributed by atoms with van der Waals surface area (Å²) >= 11 is 0. The summed E-state index contributed by atoms with van der Waals surface area (Å²) in [4.78, 5) is 14.0. The zero-order chi connectivity index (χ0) is 21.9. The zero-order valence-electron chi connectivity index (χ0n) is 17.4. The number of anilines is 1. The van der Waals surface area contributed by atoms with Crippen LogP contribution in [-0.2, 0) is 11.0 Å². The largest absolute Gasteiger partial charge is 0.416 e. The first-order valence-electron chi connectivity index (χ1n) is 10.2. The summed E-state index contributed by atoms with van der Waals surface area (Å²) in [7, 11) is 0. The summed E-state index contributed by atoms with van der Waals surface area (Å²) in [6.45, 7) is 9.58. The standard InChI is InChI=1S/C24H27F3N2O/c1-4-23(30)28-22-15-20(6-5-16(22)2)17(3)29-13-11-19(12-14-29)18-7-9-21(10-8-18)24(25,26)27/h5-10,15,19H,3-4,11-14H2,1-2H3,(H,28,30). The van der Waals surface area contributed by atoms with Gasteiger partial charge in [0.05, 0.1) is 5.56 Å². The first kappa shape index (κ1) is 21.9. The van der Waals surface area contributed by atoms with Crippen LogP contribution in [0, 0.1) is 6.92 Å². The third-order valence-corrected chi connectivity index (χ3v) is 5.75. The number of nitrogens with one attached hydrogen (secondary N) is 1. The van der Waals surface area contributed by atoms with Gasteiger partial charge in [-0.2, -0.15) is 13.2 Å². The maximum Gasteiger partial charge on any atom is 0.416 e. The fourth-order valence-electron chi connectivity index (χ4n) is 3.78. The van der Waals surface area contributed by atoms with Crippen LogP contribution in [-0.4, -0.2) is 23.9 Å².